The molecule has 0 bridgehead atoms. The van der Waals surface area contributed by atoms with Crippen LogP contribution in [0.25, 0.3) is 11.1 Å². The Balaban J connectivity index is 1.15. The van der Waals surface area contributed by atoms with Gasteiger partial charge in [-0.05, 0) is 92.6 Å². The van der Waals surface area contributed by atoms with Crippen molar-refractivity contribution in [3.63, 3.8) is 0 Å². The number of methoxy groups -OCH3 is 3. The fourth-order valence-corrected chi connectivity index (χ4v) is 10.3. The number of carbonyl (C=O) groups excluding carboxylic acids is 2. The molecule has 1 aliphatic carbocycles. The van der Waals surface area contributed by atoms with E-state index in [0.717, 1.165) is 56.5 Å². The topological polar surface area (TPSA) is 135 Å². The van der Waals surface area contributed by atoms with Crippen molar-refractivity contribution in [3.05, 3.63) is 191 Å². The molecule has 3 N–H and O–H groups in total. The van der Waals surface area contributed by atoms with Crippen molar-refractivity contribution in [1.82, 2.24) is 15.7 Å². The van der Waals surface area contributed by atoms with Crippen molar-refractivity contribution in [1.29, 1.82) is 0 Å². The Kier molecular flexibility index (Phi) is 17.0. The summed E-state index contributed by atoms with van der Waals surface area (Å²) in [6, 6.07) is 47.6. The van der Waals surface area contributed by atoms with Gasteiger partial charge in [0.25, 0.3) is 6.64 Å². The van der Waals surface area contributed by atoms with Crippen LogP contribution in [-0.2, 0) is 58.6 Å². The van der Waals surface area contributed by atoms with Crippen LogP contribution in [-0.4, -0.2) is 72.3 Å². The van der Waals surface area contributed by atoms with Gasteiger partial charge in [0.05, 0.1) is 34.0 Å². The predicted octanol–water partition coefficient (Wildman–Crippen LogP) is 9.64. The third-order valence-electron chi connectivity index (χ3n) is 11.9. The number of amides is 2. The summed E-state index contributed by atoms with van der Waals surface area (Å²) in [6.07, 6.45) is 0.0225. The van der Waals surface area contributed by atoms with E-state index in [2.05, 4.69) is 40.0 Å². The summed E-state index contributed by atoms with van der Waals surface area (Å²) in [6.45, 7) is -0.198. The van der Waals surface area contributed by atoms with E-state index < -0.39 is 30.3 Å². The normalized spacial score (nSPS) is 13.9. The van der Waals surface area contributed by atoms with Gasteiger partial charge in [0.1, 0.15) is 29.7 Å². The molecule has 14 heteroatoms. The van der Waals surface area contributed by atoms with Crippen LogP contribution in [0, 0.1) is 0 Å². The predicted molar refractivity (Wildman–Crippen MR) is 264 cm³/mol. The highest BCUT2D eigenvalue weighted by molar-refractivity contribution is 8.08. The minimum Gasteiger partial charge on any atom is -0.497 e. The van der Waals surface area contributed by atoms with Gasteiger partial charge in [-0.2, -0.15) is 0 Å². The highest BCUT2D eigenvalue weighted by Gasteiger charge is 2.40. The summed E-state index contributed by atoms with van der Waals surface area (Å²) < 4.78 is 41.3. The van der Waals surface area contributed by atoms with E-state index in [1.54, 1.807) is 21.3 Å². The van der Waals surface area contributed by atoms with Crippen LogP contribution in [0.3, 0.4) is 0 Å². The van der Waals surface area contributed by atoms with Crippen molar-refractivity contribution in [2.75, 3.05) is 48.3 Å². The number of alkyl carbamates (subject to hydrolysis) is 1. The van der Waals surface area contributed by atoms with E-state index in [-0.39, 0.29) is 38.3 Å². The zero-order chi connectivity index (χ0) is 47.2. The van der Waals surface area contributed by atoms with Gasteiger partial charge >= 0.3 is 6.09 Å². The average Bonchev–Trinajstić information content (AvgIpc) is 3.70. The minimum atomic E-state index is -2.83. The van der Waals surface area contributed by atoms with Gasteiger partial charge in [0.15, 0.2) is 0 Å². The number of benzene rings is 6. The monoisotopic (exact) mass is 943 g/mol. The molecular formula is C53H58N3O9PS. The highest BCUT2D eigenvalue weighted by atomic mass is 32.5. The highest BCUT2D eigenvalue weighted by Crippen LogP contribution is 2.46. The molecule has 6 aromatic rings. The average molecular weight is 944 g/mol. The van der Waals surface area contributed by atoms with Crippen LogP contribution in [0.15, 0.2) is 152 Å². The minimum absolute atomic E-state index is 0.0263. The van der Waals surface area contributed by atoms with E-state index >= 15 is 0 Å². The largest absolute Gasteiger partial charge is 0.497 e. The Morgan fingerprint density at radius 2 is 1.25 bits per heavy atom. The second-order valence-corrected chi connectivity index (χ2v) is 19.3. The summed E-state index contributed by atoms with van der Waals surface area (Å²) in [5, 5.41) is 9.23. The summed E-state index contributed by atoms with van der Waals surface area (Å²) in [7, 11) is 6.40. The van der Waals surface area contributed by atoms with Crippen LogP contribution >= 0.6 is 6.64 Å². The third kappa shape index (κ3) is 11.8. The Morgan fingerprint density at radius 3 is 1.82 bits per heavy atom. The van der Waals surface area contributed by atoms with Crippen molar-refractivity contribution in [2.24, 2.45) is 0 Å². The molecule has 0 spiro atoms. The lowest BCUT2D eigenvalue weighted by Crippen LogP contribution is -2.51. The van der Waals surface area contributed by atoms with E-state index in [9.17, 15) is 9.59 Å². The Hall–Kier alpha value is -5.89. The lowest BCUT2D eigenvalue weighted by Gasteiger charge is -2.37. The van der Waals surface area contributed by atoms with Crippen LogP contribution in [0.2, 0.25) is 0 Å². The van der Waals surface area contributed by atoms with Gasteiger partial charge in [0.2, 0.25) is 5.91 Å². The molecule has 0 fully saturated rings. The van der Waals surface area contributed by atoms with Gasteiger partial charge in [-0.3, -0.25) is 4.79 Å². The molecule has 67 heavy (non-hydrogen) atoms. The molecule has 0 aromatic heterocycles. The molecule has 1 aliphatic rings. The molecule has 0 saturated carbocycles. The molecule has 350 valence electrons. The standard InChI is InChI=1S/C53H58N3O9PS/c1-6-42(34-59-2)56-66(67,62-5)65-33-38-16-14-15-37(31-38)32-54-51(57)50(55-52(58)63-35-49-47-21-12-10-19-45(47)46-20-11-13-22-48(46)49)36-64-53(39-17-8-7-9-18-39,40-23-27-43(60-3)28-24-40)41-25-29-44(61-4)30-26-41/h7-31,42,49-50H,6,32-36H2,1-5H3,(H,54,57)(H,55,58)(H,56,67). The molecule has 0 saturated heterocycles. The van der Waals surface area contributed by atoms with Gasteiger partial charge < -0.3 is 43.4 Å². The number of carbonyl (C=O) groups is 2. The number of rotatable bonds is 23. The first kappa shape index (κ1) is 49.0. The quantitative estimate of drug-likeness (QED) is 0.0419. The maximum absolute atomic E-state index is 14.5. The first-order valence-electron chi connectivity index (χ1n) is 22.2. The zero-order valence-corrected chi connectivity index (χ0v) is 40.1. The van der Waals surface area contributed by atoms with Crippen LogP contribution < -0.4 is 25.2 Å². The smallest absolute Gasteiger partial charge is 0.407 e. The van der Waals surface area contributed by atoms with Crippen LogP contribution in [0.4, 0.5) is 4.79 Å². The lowest BCUT2D eigenvalue weighted by atomic mass is 9.80. The Bertz CT molecular complexity index is 2520. The molecule has 3 unspecified atom stereocenters. The van der Waals surface area contributed by atoms with E-state index in [4.69, 9.17) is 44.5 Å². The Labute approximate surface area is 398 Å². The van der Waals surface area contributed by atoms with E-state index in [0.29, 0.717) is 18.1 Å². The number of ether oxygens (including phenoxy) is 5. The molecule has 7 rings (SSSR count). The Morgan fingerprint density at radius 1 is 0.687 bits per heavy atom. The summed E-state index contributed by atoms with van der Waals surface area (Å²) in [4.78, 5) is 28.5. The molecule has 0 radical (unpaired) electrons. The van der Waals surface area contributed by atoms with Gasteiger partial charge in [-0.25, -0.2) is 9.88 Å². The fraction of sp³-hybridized carbons (Fsp3) is 0.283. The van der Waals surface area contributed by atoms with E-state index in [1.165, 1.54) is 7.11 Å². The second-order valence-electron chi connectivity index (χ2n) is 16.0. The number of hydrogen-bond donors (Lipinski definition) is 3. The number of fused-ring (bicyclic) bond motifs is 3. The number of nitrogens with one attached hydrogen (secondary N) is 3. The third-order valence-corrected chi connectivity index (χ3v) is 14.6. The molecule has 6 aromatic carbocycles. The summed E-state index contributed by atoms with van der Waals surface area (Å²) >= 11 is 5.77. The number of hydrogen-bond acceptors (Lipinski definition) is 10. The van der Waals surface area contributed by atoms with Crippen LogP contribution in [0.5, 0.6) is 11.5 Å². The van der Waals surface area contributed by atoms with Gasteiger partial charge in [-0.15, -0.1) is 0 Å². The molecule has 2 amide bonds. The van der Waals surface area contributed by atoms with E-state index in [1.807, 2.05) is 134 Å². The molecule has 12 nitrogen and oxygen atoms in total. The van der Waals surface area contributed by atoms with Gasteiger partial charge in [-0.1, -0.05) is 134 Å². The lowest BCUT2D eigenvalue weighted by molar-refractivity contribution is -0.126. The van der Waals surface area contributed by atoms with Crippen molar-refractivity contribution in [2.45, 2.75) is 50.1 Å². The molecular weight excluding hydrogens is 886 g/mol. The first-order chi connectivity index (χ1) is 32.6. The first-order valence-corrected chi connectivity index (χ1v) is 24.8. The fourth-order valence-electron chi connectivity index (χ4n) is 8.36. The van der Waals surface area contributed by atoms with Crippen molar-refractivity contribution >= 4 is 30.4 Å². The second kappa shape index (κ2) is 23.2. The molecule has 3 atom stereocenters. The maximum Gasteiger partial charge on any atom is 0.407 e. The zero-order valence-electron chi connectivity index (χ0n) is 38.4. The van der Waals surface area contributed by atoms with Gasteiger partial charge in [0, 0.05) is 32.7 Å². The van der Waals surface area contributed by atoms with Crippen LogP contribution in [0.1, 0.15) is 58.2 Å². The maximum atomic E-state index is 14.5. The summed E-state index contributed by atoms with van der Waals surface area (Å²) in [5.41, 5.74) is 7.05. The molecule has 0 aliphatic heterocycles. The van der Waals surface area contributed by atoms with Crippen molar-refractivity contribution < 1.29 is 42.3 Å². The molecule has 0 heterocycles. The summed E-state index contributed by atoms with van der Waals surface area (Å²) in [5.74, 6) is 0.667. The van der Waals surface area contributed by atoms with Crippen molar-refractivity contribution in [3.8, 4) is 22.6 Å². The SMILES string of the molecule is CCC(COC)NP(=S)(OC)OCc1cccc(CNC(=O)C(COC(c2ccccc2)(c2ccc(OC)cc2)c2ccc(OC)cc2)NC(=O)OCC2c3ccccc3-c3ccccc32)c1.